The van der Waals surface area contributed by atoms with Gasteiger partial charge in [-0.2, -0.15) is 4.31 Å². The molecule has 1 aliphatic heterocycles. The molecule has 0 spiro atoms. The molecule has 100 valence electrons. The quantitative estimate of drug-likeness (QED) is 0.813. The molecule has 1 atom stereocenters. The van der Waals surface area contributed by atoms with Gasteiger partial charge in [-0.15, -0.1) is 0 Å². The second-order valence-electron chi connectivity index (χ2n) is 4.51. The second-order valence-corrected chi connectivity index (χ2v) is 6.37. The molecule has 1 aromatic carbocycles. The Morgan fingerprint density at radius 2 is 2.17 bits per heavy atom. The summed E-state index contributed by atoms with van der Waals surface area (Å²) in [5.41, 5.74) is 6.88. The third kappa shape index (κ3) is 2.23. The van der Waals surface area contributed by atoms with Gasteiger partial charge < -0.3 is 10.5 Å². The Bertz CT molecular complexity index is 542. The van der Waals surface area contributed by atoms with E-state index in [1.165, 1.54) is 4.31 Å². The van der Waals surface area contributed by atoms with Gasteiger partial charge in [0, 0.05) is 18.3 Å². The van der Waals surface area contributed by atoms with Crippen LogP contribution in [-0.4, -0.2) is 38.5 Å². The van der Waals surface area contributed by atoms with Crippen molar-refractivity contribution in [1.29, 1.82) is 0 Å². The topological polar surface area (TPSA) is 72.6 Å². The van der Waals surface area contributed by atoms with Crippen molar-refractivity contribution in [3.05, 3.63) is 23.8 Å². The molecule has 2 rings (SSSR count). The number of nitrogens with zero attached hydrogens (tertiary/aromatic N) is 1. The van der Waals surface area contributed by atoms with Gasteiger partial charge in [-0.1, -0.05) is 6.07 Å². The number of hydrogen-bond acceptors (Lipinski definition) is 4. The van der Waals surface area contributed by atoms with E-state index >= 15 is 0 Å². The standard InChI is InChI=1S/C12H18N2O3S/c1-9-8-17-7-6-14(9)18(15,16)12-5-3-4-11(13)10(12)2/h3-5,9H,6-8,13H2,1-2H3. The smallest absolute Gasteiger partial charge is 0.243 e. The van der Waals surface area contributed by atoms with E-state index in [2.05, 4.69) is 0 Å². The first-order valence-corrected chi connectivity index (χ1v) is 7.33. The first kappa shape index (κ1) is 13.3. The van der Waals surface area contributed by atoms with Crippen molar-refractivity contribution in [2.45, 2.75) is 24.8 Å². The monoisotopic (exact) mass is 270 g/mol. The molecule has 1 heterocycles. The first-order valence-electron chi connectivity index (χ1n) is 5.89. The lowest BCUT2D eigenvalue weighted by Crippen LogP contribution is -2.47. The van der Waals surface area contributed by atoms with Crippen LogP contribution in [0.2, 0.25) is 0 Å². The Kier molecular flexibility index (Phi) is 3.61. The van der Waals surface area contributed by atoms with Gasteiger partial charge >= 0.3 is 0 Å². The summed E-state index contributed by atoms with van der Waals surface area (Å²) < 4.78 is 31.9. The van der Waals surface area contributed by atoms with E-state index in [-0.39, 0.29) is 10.9 Å². The summed E-state index contributed by atoms with van der Waals surface area (Å²) in [7, 11) is -3.49. The highest BCUT2D eigenvalue weighted by molar-refractivity contribution is 7.89. The summed E-state index contributed by atoms with van der Waals surface area (Å²) in [5.74, 6) is 0. The van der Waals surface area contributed by atoms with Gasteiger partial charge in [-0.3, -0.25) is 0 Å². The molecular formula is C12H18N2O3S. The fourth-order valence-electron chi connectivity index (χ4n) is 2.11. The van der Waals surface area contributed by atoms with Crippen molar-refractivity contribution in [2.75, 3.05) is 25.5 Å². The van der Waals surface area contributed by atoms with Crippen LogP contribution in [0, 0.1) is 6.92 Å². The maximum Gasteiger partial charge on any atom is 0.243 e. The fraction of sp³-hybridized carbons (Fsp3) is 0.500. The minimum atomic E-state index is -3.49. The third-order valence-electron chi connectivity index (χ3n) is 3.22. The van der Waals surface area contributed by atoms with Crippen LogP contribution >= 0.6 is 0 Å². The minimum absolute atomic E-state index is 0.149. The molecule has 6 heteroatoms. The molecule has 0 radical (unpaired) electrons. The summed E-state index contributed by atoms with van der Waals surface area (Å²) in [6.07, 6.45) is 0. The van der Waals surface area contributed by atoms with E-state index in [0.717, 1.165) is 0 Å². The molecule has 0 aromatic heterocycles. The van der Waals surface area contributed by atoms with Crippen LogP contribution in [0.25, 0.3) is 0 Å². The molecule has 5 nitrogen and oxygen atoms in total. The Hall–Kier alpha value is -1.11. The normalized spacial score (nSPS) is 22.0. The molecule has 1 saturated heterocycles. The maximum atomic E-state index is 12.6. The summed E-state index contributed by atoms with van der Waals surface area (Å²) in [4.78, 5) is 0.288. The molecule has 18 heavy (non-hydrogen) atoms. The highest BCUT2D eigenvalue weighted by Crippen LogP contribution is 2.26. The molecule has 1 aliphatic rings. The molecule has 2 N–H and O–H groups in total. The second kappa shape index (κ2) is 4.87. The van der Waals surface area contributed by atoms with Crippen LogP contribution in [-0.2, 0) is 14.8 Å². The molecule has 0 amide bonds. The molecule has 1 unspecified atom stereocenters. The number of rotatable bonds is 2. The van der Waals surface area contributed by atoms with Crippen LogP contribution in [0.3, 0.4) is 0 Å². The Morgan fingerprint density at radius 3 is 2.83 bits per heavy atom. The van der Waals surface area contributed by atoms with Crippen molar-refractivity contribution in [3.8, 4) is 0 Å². The Balaban J connectivity index is 2.44. The summed E-state index contributed by atoms with van der Waals surface area (Å²) >= 11 is 0. The number of nitrogen functional groups attached to an aromatic ring is 1. The van der Waals surface area contributed by atoms with E-state index < -0.39 is 10.0 Å². The number of ether oxygens (including phenoxy) is 1. The Morgan fingerprint density at radius 1 is 1.44 bits per heavy atom. The van der Waals surface area contributed by atoms with Crippen molar-refractivity contribution in [2.24, 2.45) is 0 Å². The number of nitrogens with two attached hydrogens (primary N) is 1. The van der Waals surface area contributed by atoms with Crippen LogP contribution < -0.4 is 5.73 Å². The molecule has 1 fully saturated rings. The van der Waals surface area contributed by atoms with Gasteiger partial charge in [0.15, 0.2) is 0 Å². The van der Waals surface area contributed by atoms with E-state index in [1.54, 1.807) is 25.1 Å². The van der Waals surface area contributed by atoms with E-state index in [9.17, 15) is 8.42 Å². The molecule has 0 aliphatic carbocycles. The SMILES string of the molecule is Cc1c(N)cccc1S(=O)(=O)N1CCOCC1C. The van der Waals surface area contributed by atoms with Crippen molar-refractivity contribution in [3.63, 3.8) is 0 Å². The van der Waals surface area contributed by atoms with Gasteiger partial charge in [-0.25, -0.2) is 8.42 Å². The number of benzene rings is 1. The van der Waals surface area contributed by atoms with Crippen LogP contribution in [0.1, 0.15) is 12.5 Å². The molecule has 0 bridgehead atoms. The maximum absolute atomic E-state index is 12.6. The van der Waals surface area contributed by atoms with Gasteiger partial charge in [0.1, 0.15) is 0 Å². The number of morpholine rings is 1. The molecule has 0 saturated carbocycles. The minimum Gasteiger partial charge on any atom is -0.398 e. The predicted octanol–water partition coefficient (Wildman–Crippen LogP) is 0.987. The lowest BCUT2D eigenvalue weighted by molar-refractivity contribution is 0.0392. The fourth-order valence-corrected chi connectivity index (χ4v) is 3.96. The molecule has 1 aromatic rings. The van der Waals surface area contributed by atoms with E-state index in [0.29, 0.717) is 31.0 Å². The summed E-state index contributed by atoms with van der Waals surface area (Å²) in [6.45, 7) is 4.83. The Labute approximate surface area is 108 Å². The number of sulfonamides is 1. The van der Waals surface area contributed by atoms with Gasteiger partial charge in [0.2, 0.25) is 10.0 Å². The zero-order chi connectivity index (χ0) is 13.3. The van der Waals surface area contributed by atoms with Crippen LogP contribution in [0.15, 0.2) is 23.1 Å². The lowest BCUT2D eigenvalue weighted by Gasteiger charge is -2.32. The average Bonchev–Trinajstić information content (AvgIpc) is 2.32. The zero-order valence-corrected chi connectivity index (χ0v) is 11.4. The van der Waals surface area contributed by atoms with E-state index in [4.69, 9.17) is 10.5 Å². The highest BCUT2D eigenvalue weighted by atomic mass is 32.2. The van der Waals surface area contributed by atoms with Gasteiger partial charge in [-0.05, 0) is 31.5 Å². The number of anilines is 1. The highest BCUT2D eigenvalue weighted by Gasteiger charge is 2.32. The van der Waals surface area contributed by atoms with E-state index in [1.807, 2.05) is 6.92 Å². The third-order valence-corrected chi connectivity index (χ3v) is 5.38. The molecular weight excluding hydrogens is 252 g/mol. The van der Waals surface area contributed by atoms with Crippen LogP contribution in [0.5, 0.6) is 0 Å². The van der Waals surface area contributed by atoms with Crippen molar-refractivity contribution < 1.29 is 13.2 Å². The predicted molar refractivity (Wildman–Crippen MR) is 69.8 cm³/mol. The van der Waals surface area contributed by atoms with Crippen LogP contribution in [0.4, 0.5) is 5.69 Å². The zero-order valence-electron chi connectivity index (χ0n) is 10.6. The van der Waals surface area contributed by atoms with Crippen molar-refractivity contribution in [1.82, 2.24) is 4.31 Å². The summed E-state index contributed by atoms with van der Waals surface area (Å²) in [6, 6.07) is 4.82. The van der Waals surface area contributed by atoms with Gasteiger partial charge in [0.25, 0.3) is 0 Å². The lowest BCUT2D eigenvalue weighted by atomic mass is 10.2. The largest absolute Gasteiger partial charge is 0.398 e. The van der Waals surface area contributed by atoms with Gasteiger partial charge in [0.05, 0.1) is 18.1 Å². The number of hydrogen-bond donors (Lipinski definition) is 1. The average molecular weight is 270 g/mol. The summed E-state index contributed by atoms with van der Waals surface area (Å²) in [5, 5.41) is 0. The first-order chi connectivity index (χ1) is 8.44. The van der Waals surface area contributed by atoms with Crippen molar-refractivity contribution >= 4 is 15.7 Å².